The third kappa shape index (κ3) is 48.7. The molecular weight excluding hydrogens is 868 g/mol. The molecule has 1 N–H and O–H groups in total. The van der Waals surface area contributed by atoms with Crippen molar-refractivity contribution < 1.29 is 37.3 Å². The molecule has 68 heavy (non-hydrogen) atoms. The summed E-state index contributed by atoms with van der Waals surface area (Å²) >= 11 is 0. The third-order valence-corrected chi connectivity index (χ3v) is 13.2. The zero-order chi connectivity index (χ0) is 50.1. The topological polar surface area (TPSA) is 114 Å². The fraction of sp³-hybridized carbons (Fsp3) is 0.793. The van der Waals surface area contributed by atoms with Gasteiger partial charge in [0.1, 0.15) is 19.3 Å². The highest BCUT2D eigenvalue weighted by molar-refractivity contribution is 7.45. The number of hydrogen-bond donors (Lipinski definition) is 1. The lowest BCUT2D eigenvalue weighted by Gasteiger charge is -2.30. The first-order chi connectivity index (χ1) is 32.9. The Kier molecular flexibility index (Phi) is 46.7. The molecule has 0 radical (unpaired) electrons. The van der Waals surface area contributed by atoms with E-state index >= 15 is 0 Å². The van der Waals surface area contributed by atoms with Crippen LogP contribution < -0.4 is 10.2 Å². The lowest BCUT2D eigenvalue weighted by Crippen LogP contribution is -2.47. The molecule has 10 heteroatoms. The maximum atomic E-state index is 13.5. The van der Waals surface area contributed by atoms with Gasteiger partial charge in [-0.15, -0.1) is 0 Å². The quantitative estimate of drug-likeness (QED) is 0.0161. The number of ether oxygens (including phenoxy) is 1. The summed E-state index contributed by atoms with van der Waals surface area (Å²) in [5, 5.41) is 3.01. The minimum atomic E-state index is -4.70. The van der Waals surface area contributed by atoms with E-state index in [1.165, 1.54) is 96.3 Å². The van der Waals surface area contributed by atoms with Crippen LogP contribution in [-0.2, 0) is 27.9 Å². The summed E-state index contributed by atoms with van der Waals surface area (Å²) in [5.41, 5.74) is 0. The molecule has 0 heterocycles. The van der Waals surface area contributed by atoms with Crippen LogP contribution >= 0.6 is 7.82 Å². The van der Waals surface area contributed by atoms with Crippen molar-refractivity contribution in [1.82, 2.24) is 5.32 Å². The minimum absolute atomic E-state index is 0.0282. The van der Waals surface area contributed by atoms with Crippen molar-refractivity contribution in [2.45, 2.75) is 258 Å². The van der Waals surface area contributed by atoms with Gasteiger partial charge >= 0.3 is 5.97 Å². The summed E-state index contributed by atoms with van der Waals surface area (Å²) in [7, 11) is 1.17. The van der Waals surface area contributed by atoms with Crippen LogP contribution in [0.3, 0.4) is 0 Å². The van der Waals surface area contributed by atoms with Gasteiger partial charge in [0.25, 0.3) is 7.82 Å². The zero-order valence-corrected chi connectivity index (χ0v) is 45.9. The van der Waals surface area contributed by atoms with Crippen molar-refractivity contribution in [3.05, 3.63) is 60.8 Å². The highest BCUT2D eigenvalue weighted by Gasteiger charge is 2.27. The van der Waals surface area contributed by atoms with Gasteiger partial charge in [-0.05, 0) is 83.1 Å². The van der Waals surface area contributed by atoms with Gasteiger partial charge in [-0.25, -0.2) is 0 Å². The van der Waals surface area contributed by atoms with Crippen LogP contribution in [0.1, 0.15) is 245 Å². The van der Waals surface area contributed by atoms with E-state index in [-0.39, 0.29) is 24.9 Å². The second kappa shape index (κ2) is 48.3. The monoisotopic (exact) mass is 975 g/mol. The number of hydrogen-bond acceptors (Lipinski definition) is 7. The largest absolute Gasteiger partial charge is 0.756 e. The number of esters is 1. The second-order valence-corrected chi connectivity index (χ2v) is 21.6. The minimum Gasteiger partial charge on any atom is -0.756 e. The molecule has 0 rings (SSSR count). The first kappa shape index (κ1) is 65.7. The number of phosphoric ester groups is 1. The summed E-state index contributed by atoms with van der Waals surface area (Å²) in [4.78, 5) is 39.8. The van der Waals surface area contributed by atoms with E-state index in [4.69, 9.17) is 13.8 Å². The Balaban J connectivity index is 5.42. The Labute approximate surface area is 420 Å². The molecule has 0 aromatic rings. The normalized spacial score (nSPS) is 14.3. The molecule has 0 bridgehead atoms. The summed E-state index contributed by atoms with van der Waals surface area (Å²) in [6.07, 6.45) is 58.9. The molecule has 0 spiro atoms. The molecule has 3 unspecified atom stereocenters. The van der Waals surface area contributed by atoms with Crippen molar-refractivity contribution in [2.24, 2.45) is 0 Å². The van der Waals surface area contributed by atoms with Gasteiger partial charge in [-0.1, -0.05) is 210 Å². The molecule has 0 saturated heterocycles. The van der Waals surface area contributed by atoms with Gasteiger partial charge in [0.15, 0.2) is 0 Å². The predicted molar refractivity (Wildman–Crippen MR) is 289 cm³/mol. The van der Waals surface area contributed by atoms with E-state index in [2.05, 4.69) is 74.7 Å². The Morgan fingerprint density at radius 3 is 1.32 bits per heavy atom. The number of unbranched alkanes of at least 4 members (excludes halogenated alkanes) is 28. The number of likely N-dealkylation sites (N-methyl/N-ethyl adjacent to an activating group) is 1. The average molecular weight is 975 g/mol. The second-order valence-electron chi connectivity index (χ2n) is 20.1. The molecule has 0 saturated carbocycles. The van der Waals surface area contributed by atoms with Crippen molar-refractivity contribution in [3.63, 3.8) is 0 Å². The van der Waals surface area contributed by atoms with E-state index in [9.17, 15) is 19.0 Å². The van der Waals surface area contributed by atoms with Crippen molar-refractivity contribution in [2.75, 3.05) is 40.9 Å². The van der Waals surface area contributed by atoms with Crippen LogP contribution in [0.2, 0.25) is 0 Å². The maximum Gasteiger partial charge on any atom is 0.306 e. The first-order valence-electron chi connectivity index (χ1n) is 28.1. The number of nitrogens with one attached hydrogen (secondary N) is 1. The SMILES string of the molecule is CCCCC/C=C/C=C/CCCCCCCCC(=O)NC(COP(=O)([O-])OCC[N+](C)(C)C)C(/C=C/CCCCCCCCCCCC)OC(=O)CCCCCCCC/C=C/C=C/CCCCC. The number of rotatable bonds is 50. The van der Waals surface area contributed by atoms with Crippen molar-refractivity contribution in [1.29, 1.82) is 0 Å². The lowest BCUT2D eigenvalue weighted by atomic mass is 10.0. The van der Waals surface area contributed by atoms with Crippen LogP contribution in [-0.4, -0.2) is 69.4 Å². The molecular formula is C58H107N2O7P. The molecule has 0 aromatic heterocycles. The predicted octanol–water partition coefficient (Wildman–Crippen LogP) is 16.1. The van der Waals surface area contributed by atoms with E-state index in [0.717, 1.165) is 109 Å². The fourth-order valence-corrected chi connectivity index (χ4v) is 8.52. The van der Waals surface area contributed by atoms with Crippen LogP contribution in [0.15, 0.2) is 60.8 Å². The molecule has 0 aliphatic carbocycles. The standard InChI is InChI=1S/C58H107N2O7P/c1-7-10-13-16-19-22-25-28-30-32-35-38-41-44-47-50-57(61)59-55(54-66-68(63,64)65-53-52-60(4,5)6)56(49-46-43-40-37-34-27-24-21-18-15-12-9-3)67-58(62)51-48-45-42-39-36-33-31-29-26-23-20-17-14-11-8-2/h19-20,22-23,25-26,28-29,46,49,55-56H,7-18,21,24,27,30-45,47-48,50-54H2,1-6H3,(H-,59,61,63,64)/b22-19+,23-20+,28-25+,29-26+,49-46+. The molecule has 0 aliphatic heterocycles. The molecule has 3 atom stereocenters. The number of carbonyl (C=O) groups is 2. The molecule has 0 fully saturated rings. The van der Waals surface area contributed by atoms with Gasteiger partial charge in [-0.3, -0.25) is 14.2 Å². The summed E-state index contributed by atoms with van der Waals surface area (Å²) < 4.78 is 30.2. The fourth-order valence-electron chi connectivity index (χ4n) is 7.80. The Morgan fingerprint density at radius 1 is 0.515 bits per heavy atom. The summed E-state index contributed by atoms with van der Waals surface area (Å²) in [5.74, 6) is -0.568. The Bertz CT molecular complexity index is 1350. The number of quaternary nitrogens is 1. The van der Waals surface area contributed by atoms with E-state index < -0.39 is 26.6 Å². The Hall–Kier alpha value is -2.29. The van der Waals surface area contributed by atoms with Crippen molar-refractivity contribution >= 4 is 19.7 Å². The van der Waals surface area contributed by atoms with Gasteiger partial charge in [0, 0.05) is 12.8 Å². The van der Waals surface area contributed by atoms with Crippen LogP contribution in [0.25, 0.3) is 0 Å². The van der Waals surface area contributed by atoms with Gasteiger partial charge in [0.05, 0.1) is 33.8 Å². The number of phosphoric acid groups is 1. The van der Waals surface area contributed by atoms with E-state index in [0.29, 0.717) is 23.9 Å². The smallest absolute Gasteiger partial charge is 0.306 e. The highest BCUT2D eigenvalue weighted by Crippen LogP contribution is 2.38. The molecule has 0 aliphatic rings. The van der Waals surface area contributed by atoms with E-state index in [1.807, 2.05) is 33.3 Å². The van der Waals surface area contributed by atoms with Gasteiger partial charge in [-0.2, -0.15) is 0 Å². The zero-order valence-electron chi connectivity index (χ0n) is 45.1. The number of amides is 1. The van der Waals surface area contributed by atoms with Gasteiger partial charge in [0.2, 0.25) is 5.91 Å². The van der Waals surface area contributed by atoms with Crippen molar-refractivity contribution in [3.8, 4) is 0 Å². The number of nitrogens with zero attached hydrogens (tertiary/aromatic N) is 1. The number of allylic oxidation sites excluding steroid dienone is 9. The van der Waals surface area contributed by atoms with Gasteiger partial charge < -0.3 is 28.5 Å². The summed E-state index contributed by atoms with van der Waals surface area (Å²) in [6.45, 7) is 6.76. The molecule has 396 valence electrons. The summed E-state index contributed by atoms with van der Waals surface area (Å²) in [6, 6.07) is -0.899. The van der Waals surface area contributed by atoms with E-state index in [1.54, 1.807) is 0 Å². The number of carbonyl (C=O) groups excluding carboxylic acids is 2. The average Bonchev–Trinajstić information content (AvgIpc) is 3.29. The van der Waals surface area contributed by atoms with Crippen LogP contribution in [0.5, 0.6) is 0 Å². The lowest BCUT2D eigenvalue weighted by molar-refractivity contribution is -0.870. The molecule has 1 amide bonds. The third-order valence-electron chi connectivity index (χ3n) is 12.2. The van der Waals surface area contributed by atoms with Crippen LogP contribution in [0.4, 0.5) is 0 Å². The maximum absolute atomic E-state index is 13.5. The first-order valence-corrected chi connectivity index (χ1v) is 29.6. The van der Waals surface area contributed by atoms with Crippen LogP contribution in [0, 0.1) is 0 Å². The molecule has 0 aromatic carbocycles. The molecule has 9 nitrogen and oxygen atoms in total. The highest BCUT2D eigenvalue weighted by atomic mass is 31.2. The Morgan fingerprint density at radius 2 is 0.882 bits per heavy atom.